The Bertz CT molecular complexity index is 382. The van der Waals surface area contributed by atoms with Gasteiger partial charge in [0.25, 0.3) is 0 Å². The van der Waals surface area contributed by atoms with Crippen LogP contribution in [0.15, 0.2) is 10.7 Å². The Hall–Kier alpha value is -0.490. The van der Waals surface area contributed by atoms with Crippen molar-refractivity contribution in [2.24, 2.45) is 0 Å². The molecule has 2 heterocycles. The molecule has 0 aromatic carbocycles. The molecule has 1 aliphatic rings. The van der Waals surface area contributed by atoms with Gasteiger partial charge in [-0.05, 0) is 46.7 Å². The van der Waals surface area contributed by atoms with E-state index in [1.54, 1.807) is 0 Å². The summed E-state index contributed by atoms with van der Waals surface area (Å²) in [5.74, 6) is 4.08. The van der Waals surface area contributed by atoms with E-state index in [1.807, 2.05) is 18.0 Å². The fourth-order valence-electron chi connectivity index (χ4n) is 1.83. The van der Waals surface area contributed by atoms with E-state index in [0.29, 0.717) is 12.0 Å². The van der Waals surface area contributed by atoms with Crippen LogP contribution >= 0.6 is 27.7 Å². The van der Waals surface area contributed by atoms with Gasteiger partial charge in [-0.15, -0.1) is 0 Å². The number of thioether (sulfide) groups is 1. The van der Waals surface area contributed by atoms with Gasteiger partial charge >= 0.3 is 0 Å². The van der Waals surface area contributed by atoms with E-state index < -0.39 is 0 Å². The highest BCUT2D eigenvalue weighted by Gasteiger charge is 2.15. The third-order valence-corrected chi connectivity index (χ3v) is 4.47. The van der Waals surface area contributed by atoms with Crippen molar-refractivity contribution in [3.8, 4) is 0 Å². The molecule has 1 saturated heterocycles. The van der Waals surface area contributed by atoms with E-state index in [4.69, 9.17) is 0 Å². The molecule has 2 N–H and O–H groups in total. The number of rotatable bonds is 5. The van der Waals surface area contributed by atoms with Gasteiger partial charge in [0.2, 0.25) is 5.95 Å². The van der Waals surface area contributed by atoms with Crippen molar-refractivity contribution >= 4 is 39.5 Å². The van der Waals surface area contributed by atoms with E-state index in [0.717, 1.165) is 23.3 Å². The van der Waals surface area contributed by atoms with Crippen molar-refractivity contribution in [2.45, 2.75) is 32.2 Å². The predicted molar refractivity (Wildman–Crippen MR) is 82.5 cm³/mol. The minimum Gasteiger partial charge on any atom is -0.366 e. The fraction of sp³-hybridized carbons (Fsp3) is 0.667. The summed E-state index contributed by atoms with van der Waals surface area (Å²) in [7, 11) is 0. The van der Waals surface area contributed by atoms with Crippen LogP contribution in [0, 0.1) is 0 Å². The molecule has 0 atom stereocenters. The minimum absolute atomic E-state index is 0.538. The second-order valence-corrected chi connectivity index (χ2v) is 6.43. The molecule has 0 amide bonds. The smallest absolute Gasteiger partial charge is 0.224 e. The second kappa shape index (κ2) is 7.19. The maximum atomic E-state index is 4.52. The lowest BCUT2D eigenvalue weighted by molar-refractivity contribution is 0.663. The lowest BCUT2D eigenvalue weighted by Crippen LogP contribution is -2.25. The van der Waals surface area contributed by atoms with Crippen LogP contribution in [0.25, 0.3) is 0 Å². The molecule has 1 fully saturated rings. The number of hydrogen-bond donors (Lipinski definition) is 2. The molecule has 4 nitrogen and oxygen atoms in total. The number of aromatic nitrogens is 2. The molecule has 0 radical (unpaired) electrons. The van der Waals surface area contributed by atoms with E-state index >= 15 is 0 Å². The van der Waals surface area contributed by atoms with Gasteiger partial charge in [0.15, 0.2) is 0 Å². The highest BCUT2D eigenvalue weighted by molar-refractivity contribution is 9.10. The molecule has 1 aromatic heterocycles. The Morgan fingerprint density at radius 3 is 2.94 bits per heavy atom. The molecule has 18 heavy (non-hydrogen) atoms. The highest BCUT2D eigenvalue weighted by Crippen LogP contribution is 2.25. The van der Waals surface area contributed by atoms with Gasteiger partial charge in [0.1, 0.15) is 5.82 Å². The monoisotopic (exact) mass is 330 g/mol. The summed E-state index contributed by atoms with van der Waals surface area (Å²) in [6, 6.07) is 0.538. The van der Waals surface area contributed by atoms with Crippen LogP contribution in [-0.4, -0.2) is 34.1 Å². The van der Waals surface area contributed by atoms with Crippen molar-refractivity contribution < 1.29 is 0 Å². The summed E-state index contributed by atoms with van der Waals surface area (Å²) >= 11 is 5.54. The Morgan fingerprint density at radius 1 is 1.44 bits per heavy atom. The summed E-state index contributed by atoms with van der Waals surface area (Å²) in [5, 5.41) is 6.73. The summed E-state index contributed by atoms with van der Waals surface area (Å²) in [6.07, 6.45) is 5.30. The van der Waals surface area contributed by atoms with E-state index in [9.17, 15) is 0 Å². The van der Waals surface area contributed by atoms with Gasteiger partial charge < -0.3 is 10.6 Å². The molecule has 0 spiro atoms. The summed E-state index contributed by atoms with van der Waals surface area (Å²) in [5.41, 5.74) is 0. The molecule has 0 unspecified atom stereocenters. The van der Waals surface area contributed by atoms with Gasteiger partial charge in [-0.2, -0.15) is 16.7 Å². The van der Waals surface area contributed by atoms with E-state index in [-0.39, 0.29) is 0 Å². The van der Waals surface area contributed by atoms with Gasteiger partial charge in [-0.25, -0.2) is 4.98 Å². The third-order valence-electron chi connectivity index (χ3n) is 2.84. The molecule has 1 aromatic rings. The number of nitrogens with one attached hydrogen (secondary N) is 2. The number of nitrogens with zero attached hydrogens (tertiary/aromatic N) is 2. The zero-order valence-electron chi connectivity index (χ0n) is 10.6. The molecule has 0 aliphatic carbocycles. The maximum absolute atomic E-state index is 4.52. The fourth-order valence-corrected chi connectivity index (χ4v) is 3.24. The Balaban J connectivity index is 2.00. The van der Waals surface area contributed by atoms with Crippen LogP contribution < -0.4 is 10.6 Å². The zero-order valence-corrected chi connectivity index (χ0v) is 13.0. The van der Waals surface area contributed by atoms with Crippen molar-refractivity contribution in [3.05, 3.63) is 10.7 Å². The highest BCUT2D eigenvalue weighted by atomic mass is 79.9. The molecule has 100 valence electrons. The first kappa shape index (κ1) is 13.9. The largest absolute Gasteiger partial charge is 0.366 e. The molecule has 2 rings (SSSR count). The van der Waals surface area contributed by atoms with E-state index in [1.165, 1.54) is 24.3 Å². The quantitative estimate of drug-likeness (QED) is 0.866. The van der Waals surface area contributed by atoms with Crippen molar-refractivity contribution in [2.75, 3.05) is 28.7 Å². The van der Waals surface area contributed by atoms with Crippen molar-refractivity contribution in [1.82, 2.24) is 9.97 Å². The summed E-state index contributed by atoms with van der Waals surface area (Å²) in [6.45, 7) is 3.03. The lowest BCUT2D eigenvalue weighted by Gasteiger charge is -2.23. The van der Waals surface area contributed by atoms with Crippen LogP contribution in [0.3, 0.4) is 0 Å². The van der Waals surface area contributed by atoms with Crippen LogP contribution in [0.2, 0.25) is 0 Å². The van der Waals surface area contributed by atoms with Crippen molar-refractivity contribution in [3.63, 3.8) is 0 Å². The molecule has 0 saturated carbocycles. The average Bonchev–Trinajstić information content (AvgIpc) is 2.41. The Kier molecular flexibility index (Phi) is 5.56. The predicted octanol–water partition coefficient (Wildman–Crippen LogP) is 3.37. The van der Waals surface area contributed by atoms with Gasteiger partial charge in [-0.3, -0.25) is 0 Å². The first-order chi connectivity index (χ1) is 8.79. The van der Waals surface area contributed by atoms with Crippen LogP contribution in [0.5, 0.6) is 0 Å². The normalized spacial score (nSPS) is 16.6. The van der Waals surface area contributed by atoms with E-state index in [2.05, 4.69) is 43.5 Å². The second-order valence-electron chi connectivity index (χ2n) is 4.35. The summed E-state index contributed by atoms with van der Waals surface area (Å²) in [4.78, 5) is 8.77. The Morgan fingerprint density at radius 2 is 2.22 bits per heavy atom. The molecular formula is C12H19BrN4S. The SMILES string of the molecule is CCCNc1ncc(Br)c(NC2CCSCC2)n1. The van der Waals surface area contributed by atoms with Gasteiger partial charge in [0.05, 0.1) is 4.47 Å². The van der Waals surface area contributed by atoms with Crippen LogP contribution in [0.1, 0.15) is 26.2 Å². The van der Waals surface area contributed by atoms with Crippen molar-refractivity contribution in [1.29, 1.82) is 0 Å². The first-order valence-electron chi connectivity index (χ1n) is 6.40. The molecule has 6 heteroatoms. The number of anilines is 2. The van der Waals surface area contributed by atoms with Gasteiger partial charge in [-0.1, -0.05) is 6.92 Å². The minimum atomic E-state index is 0.538. The van der Waals surface area contributed by atoms with Gasteiger partial charge in [0, 0.05) is 18.8 Å². The zero-order chi connectivity index (χ0) is 12.8. The third kappa shape index (κ3) is 4.02. The molecular weight excluding hydrogens is 312 g/mol. The Labute approximate surface area is 121 Å². The lowest BCUT2D eigenvalue weighted by atomic mass is 10.1. The number of hydrogen-bond acceptors (Lipinski definition) is 5. The standard InChI is InChI=1S/C12H19BrN4S/c1-2-5-14-12-15-8-10(13)11(17-12)16-9-3-6-18-7-4-9/h8-9H,2-7H2,1H3,(H2,14,15,16,17). The first-order valence-corrected chi connectivity index (χ1v) is 8.35. The maximum Gasteiger partial charge on any atom is 0.224 e. The average molecular weight is 331 g/mol. The van der Waals surface area contributed by atoms with Crippen LogP contribution in [0.4, 0.5) is 11.8 Å². The summed E-state index contributed by atoms with van der Waals surface area (Å²) < 4.78 is 0.933. The van der Waals surface area contributed by atoms with Crippen LogP contribution in [-0.2, 0) is 0 Å². The molecule has 1 aliphatic heterocycles. The number of halogens is 1. The topological polar surface area (TPSA) is 49.8 Å². The molecule has 0 bridgehead atoms.